The van der Waals surface area contributed by atoms with Crippen LogP contribution in [0.1, 0.15) is 48.6 Å². The first-order chi connectivity index (χ1) is 18.7. The lowest BCUT2D eigenvalue weighted by molar-refractivity contribution is -0.117. The van der Waals surface area contributed by atoms with E-state index in [-0.39, 0.29) is 28.6 Å². The van der Waals surface area contributed by atoms with Crippen LogP contribution in [-0.2, 0) is 34.7 Å². The minimum absolute atomic E-state index is 0.0591. The zero-order chi connectivity index (χ0) is 27.3. The number of rotatable bonds is 11. The molecule has 1 atom stereocenters. The number of aryl methyl sites for hydroxylation is 2. The molecule has 16 heteroatoms. The summed E-state index contributed by atoms with van der Waals surface area (Å²) >= 11 is 1.33. The zero-order valence-corrected chi connectivity index (χ0v) is 22.7. The van der Waals surface area contributed by atoms with Gasteiger partial charge >= 0.3 is 6.61 Å². The third-order valence-corrected chi connectivity index (χ3v) is 10.0. The van der Waals surface area contributed by atoms with Crippen LogP contribution in [0.3, 0.4) is 0 Å². The van der Waals surface area contributed by atoms with Crippen LogP contribution >= 0.6 is 11.3 Å². The largest absolute Gasteiger partial charge is 0.415 e. The highest BCUT2D eigenvalue weighted by atomic mass is 32.2. The van der Waals surface area contributed by atoms with Crippen LogP contribution in [0.2, 0.25) is 0 Å². The first-order valence-corrected chi connectivity index (χ1v) is 15.1. The predicted molar refractivity (Wildman–Crippen MR) is 138 cm³/mol. The fourth-order valence-electron chi connectivity index (χ4n) is 4.74. The molecule has 3 heterocycles. The predicted octanol–water partition coefficient (Wildman–Crippen LogP) is 3.18. The van der Waals surface area contributed by atoms with Crippen LogP contribution in [0.4, 0.5) is 25.5 Å². The van der Waals surface area contributed by atoms with Crippen molar-refractivity contribution >= 4 is 44.0 Å². The Morgan fingerprint density at radius 1 is 1.26 bits per heavy atom. The molecule has 3 aromatic heterocycles. The second-order valence-corrected chi connectivity index (χ2v) is 13.0. The van der Waals surface area contributed by atoms with E-state index in [2.05, 4.69) is 35.4 Å². The third kappa shape index (κ3) is 5.63. The van der Waals surface area contributed by atoms with Crippen molar-refractivity contribution in [2.75, 3.05) is 17.2 Å². The number of thiophene rings is 1. The summed E-state index contributed by atoms with van der Waals surface area (Å²) < 4.78 is 62.5. The van der Waals surface area contributed by atoms with Gasteiger partial charge in [0.15, 0.2) is 0 Å². The van der Waals surface area contributed by atoms with Crippen molar-refractivity contribution in [3.05, 3.63) is 22.8 Å². The van der Waals surface area contributed by atoms with Gasteiger partial charge < -0.3 is 15.4 Å². The molecule has 0 bridgehead atoms. The highest BCUT2D eigenvalue weighted by Crippen LogP contribution is 2.45. The second kappa shape index (κ2) is 10.1. The molecule has 3 aliphatic carbocycles. The number of amides is 1. The first-order valence-electron chi connectivity index (χ1n) is 12.8. The molecular formula is C23H28F2N8O4S2. The molecule has 12 nitrogen and oxygen atoms in total. The smallest absolute Gasteiger partial charge is 0.388 e. The Labute approximate surface area is 227 Å². The topological polar surface area (TPSA) is 145 Å². The zero-order valence-electron chi connectivity index (χ0n) is 21.1. The normalized spacial score (nSPS) is 19.2. The van der Waals surface area contributed by atoms with Gasteiger partial charge in [0, 0.05) is 36.5 Å². The number of hydrogen-bond acceptors (Lipinski definition) is 9. The van der Waals surface area contributed by atoms with E-state index in [1.165, 1.54) is 22.1 Å². The van der Waals surface area contributed by atoms with E-state index in [4.69, 9.17) is 0 Å². The van der Waals surface area contributed by atoms with Crippen molar-refractivity contribution in [2.45, 2.75) is 62.5 Å². The molecule has 0 spiro atoms. The maximum absolute atomic E-state index is 13.5. The summed E-state index contributed by atoms with van der Waals surface area (Å²) in [4.78, 5) is 13.7. The molecule has 3 N–H and O–H groups in total. The van der Waals surface area contributed by atoms with E-state index < -0.39 is 16.6 Å². The lowest BCUT2D eigenvalue weighted by atomic mass is 9.94. The molecule has 0 aliphatic heterocycles. The van der Waals surface area contributed by atoms with E-state index in [0.717, 1.165) is 30.6 Å². The number of halogens is 2. The number of carbonyl (C=O) groups excluding carboxylic acids is 1. The highest BCUT2D eigenvalue weighted by Gasteiger charge is 2.37. The molecule has 0 aromatic carbocycles. The number of carbonyl (C=O) groups is 1. The molecule has 1 amide bonds. The summed E-state index contributed by atoms with van der Waals surface area (Å²) in [5.74, 6) is 0.636. The molecule has 0 saturated heterocycles. The van der Waals surface area contributed by atoms with Gasteiger partial charge in [0.25, 0.3) is 0 Å². The Bertz CT molecular complexity index is 1490. The van der Waals surface area contributed by atoms with Crippen LogP contribution in [0.25, 0.3) is 0 Å². The second-order valence-electron chi connectivity index (χ2n) is 10.2. The number of aromatic nitrogens is 5. The first kappa shape index (κ1) is 26.1. The number of ether oxygens (including phenoxy) is 1. The van der Waals surface area contributed by atoms with E-state index in [9.17, 15) is 22.0 Å². The Kier molecular flexibility index (Phi) is 6.79. The molecular weight excluding hydrogens is 554 g/mol. The average Bonchev–Trinajstić information content (AvgIpc) is 3.79. The number of fused-ring (bicyclic) bond motifs is 1. The number of anilines is 3. The lowest BCUT2D eigenvalue weighted by Crippen LogP contribution is -2.28. The van der Waals surface area contributed by atoms with Gasteiger partial charge in [-0.05, 0) is 56.4 Å². The number of nitrogens with one attached hydrogen (secondary N) is 3. The van der Waals surface area contributed by atoms with Crippen LogP contribution < -0.4 is 20.1 Å². The van der Waals surface area contributed by atoms with Crippen LogP contribution in [0.15, 0.2) is 17.3 Å². The van der Waals surface area contributed by atoms with Gasteiger partial charge in [-0.3, -0.25) is 9.36 Å². The average molecular weight is 583 g/mol. The molecule has 2 fully saturated rings. The molecule has 39 heavy (non-hydrogen) atoms. The van der Waals surface area contributed by atoms with Crippen LogP contribution in [0, 0.1) is 11.8 Å². The minimum atomic E-state index is -3.86. The van der Waals surface area contributed by atoms with Gasteiger partial charge in [-0.25, -0.2) is 17.8 Å². The lowest BCUT2D eigenvalue weighted by Gasteiger charge is -2.25. The Morgan fingerprint density at radius 3 is 2.77 bits per heavy atom. The minimum Gasteiger partial charge on any atom is -0.415 e. The Morgan fingerprint density at radius 2 is 2.05 bits per heavy atom. The van der Waals surface area contributed by atoms with Gasteiger partial charge in [-0.15, -0.1) is 26.6 Å². The Hall–Kier alpha value is -3.11. The number of sulfonamides is 1. The molecule has 3 aliphatic rings. The summed E-state index contributed by atoms with van der Waals surface area (Å²) in [6.07, 6.45) is 6.89. The monoisotopic (exact) mass is 582 g/mol. The van der Waals surface area contributed by atoms with Crippen LogP contribution in [-0.4, -0.2) is 52.0 Å². The molecule has 0 radical (unpaired) electrons. The quantitative estimate of drug-likeness (QED) is 0.313. The highest BCUT2D eigenvalue weighted by molar-refractivity contribution is 7.90. The van der Waals surface area contributed by atoms with Crippen molar-refractivity contribution in [3.8, 4) is 5.88 Å². The SMILES string of the molecule is Cn1nc(OC(F)F)cc1Nc1nncn1C1CCc2sc(NC(=O)C3CC3)c(S(=O)(=O)NCC3CC3)c2C1. The maximum Gasteiger partial charge on any atom is 0.388 e. The maximum atomic E-state index is 13.5. The van der Waals surface area contributed by atoms with Gasteiger partial charge in [-0.2, -0.15) is 8.78 Å². The number of hydrogen-bond donors (Lipinski definition) is 3. The Balaban J connectivity index is 1.27. The summed E-state index contributed by atoms with van der Waals surface area (Å²) in [6.45, 7) is -2.62. The number of nitrogens with zero attached hydrogens (tertiary/aromatic N) is 5. The van der Waals surface area contributed by atoms with Crippen molar-refractivity contribution in [2.24, 2.45) is 18.9 Å². The molecule has 6 rings (SSSR count). The summed E-state index contributed by atoms with van der Waals surface area (Å²) in [5.41, 5.74) is 0.693. The van der Waals surface area contributed by atoms with E-state index in [0.29, 0.717) is 54.1 Å². The summed E-state index contributed by atoms with van der Waals surface area (Å²) in [7, 11) is -2.28. The van der Waals surface area contributed by atoms with Gasteiger partial charge in [-0.1, -0.05) is 0 Å². The summed E-state index contributed by atoms with van der Waals surface area (Å²) in [5, 5.41) is 18.4. The molecule has 3 aromatic rings. The summed E-state index contributed by atoms with van der Waals surface area (Å²) in [6, 6.07) is 1.15. The fraction of sp³-hybridized carbons (Fsp3) is 0.565. The molecule has 210 valence electrons. The van der Waals surface area contributed by atoms with Gasteiger partial charge in [0.2, 0.25) is 27.8 Å². The van der Waals surface area contributed by atoms with Crippen molar-refractivity contribution in [1.82, 2.24) is 29.3 Å². The van der Waals surface area contributed by atoms with Gasteiger partial charge in [0.05, 0.1) is 0 Å². The van der Waals surface area contributed by atoms with Crippen LogP contribution in [0.5, 0.6) is 5.88 Å². The molecule has 2 saturated carbocycles. The number of alkyl halides is 2. The van der Waals surface area contributed by atoms with E-state index >= 15 is 0 Å². The van der Waals surface area contributed by atoms with Crippen molar-refractivity contribution in [3.63, 3.8) is 0 Å². The standard InChI is InChI=1S/C23H28F2N8O4S2/c1-32-17(9-18(31-32)37-22(24)25)28-23-30-26-11-33(23)14-6-7-16-15(8-14)19(39(35,36)27-10-12-2-3-12)21(38-16)29-20(34)13-4-5-13/h9,11-14,22,27H,2-8,10H2,1H3,(H,28,30)(H,29,34). The van der Waals surface area contributed by atoms with E-state index in [1.807, 2.05) is 0 Å². The van der Waals surface area contributed by atoms with Crippen molar-refractivity contribution < 1.29 is 26.7 Å². The van der Waals surface area contributed by atoms with E-state index in [1.54, 1.807) is 17.9 Å². The fourth-order valence-corrected chi connectivity index (χ4v) is 7.83. The van der Waals surface area contributed by atoms with Crippen molar-refractivity contribution in [1.29, 1.82) is 0 Å². The van der Waals surface area contributed by atoms with Gasteiger partial charge in [0.1, 0.15) is 22.0 Å². The molecule has 1 unspecified atom stereocenters. The third-order valence-electron chi connectivity index (χ3n) is 7.17.